The fraction of sp³-hybridized carbons (Fsp3) is 0.364. The Balaban J connectivity index is 2.65. The highest BCUT2D eigenvalue weighted by Crippen LogP contribution is 2.45. The second-order valence-electron chi connectivity index (χ2n) is 4.16. The van der Waals surface area contributed by atoms with Crippen LogP contribution in [0.5, 0.6) is 0 Å². The summed E-state index contributed by atoms with van der Waals surface area (Å²) in [6.45, 7) is -2.76. The number of amidine groups is 1. The van der Waals surface area contributed by atoms with E-state index in [0.29, 0.717) is 0 Å². The van der Waals surface area contributed by atoms with Crippen molar-refractivity contribution in [3.05, 3.63) is 29.6 Å². The van der Waals surface area contributed by atoms with Crippen LogP contribution in [0.3, 0.4) is 0 Å². The van der Waals surface area contributed by atoms with Gasteiger partial charge in [-0.15, -0.1) is 0 Å². The second kappa shape index (κ2) is 4.29. The summed E-state index contributed by atoms with van der Waals surface area (Å²) in [5.41, 5.74) is 7.10. The molecule has 1 aromatic rings. The molecule has 0 saturated heterocycles. The quantitative estimate of drug-likeness (QED) is 0.636. The van der Waals surface area contributed by atoms with Gasteiger partial charge in [0.1, 0.15) is 19.0 Å². The molecule has 0 bridgehead atoms. The summed E-state index contributed by atoms with van der Waals surface area (Å²) < 4.78 is 59.6. The SMILES string of the molecule is NC1=NCC(F)(F)[C@@](CF)(c2cc(N)ccc2F)O1. The Morgan fingerprint density at radius 2 is 2.00 bits per heavy atom. The van der Waals surface area contributed by atoms with E-state index in [9.17, 15) is 17.6 Å². The van der Waals surface area contributed by atoms with E-state index in [1.807, 2.05) is 0 Å². The van der Waals surface area contributed by atoms with E-state index < -0.39 is 42.1 Å². The van der Waals surface area contributed by atoms with Gasteiger partial charge in [-0.3, -0.25) is 0 Å². The number of nitrogen functional groups attached to an aromatic ring is 1. The molecule has 1 heterocycles. The number of benzene rings is 1. The molecule has 1 aliphatic rings. The molecule has 0 aliphatic carbocycles. The van der Waals surface area contributed by atoms with Crippen LogP contribution >= 0.6 is 0 Å². The smallest absolute Gasteiger partial charge is 0.313 e. The summed E-state index contributed by atoms with van der Waals surface area (Å²) in [4.78, 5) is 3.21. The van der Waals surface area contributed by atoms with Crippen LogP contribution in [0.4, 0.5) is 23.2 Å². The zero-order chi connectivity index (χ0) is 14.3. The van der Waals surface area contributed by atoms with Gasteiger partial charge in [0, 0.05) is 11.3 Å². The van der Waals surface area contributed by atoms with Gasteiger partial charge in [0.25, 0.3) is 6.02 Å². The van der Waals surface area contributed by atoms with E-state index in [0.717, 1.165) is 12.1 Å². The number of nitrogens with zero attached hydrogens (tertiary/aromatic N) is 1. The van der Waals surface area contributed by atoms with Crippen molar-refractivity contribution in [3.8, 4) is 0 Å². The van der Waals surface area contributed by atoms with Crippen LogP contribution in [-0.2, 0) is 10.3 Å². The zero-order valence-corrected chi connectivity index (χ0v) is 9.67. The third-order valence-electron chi connectivity index (χ3n) is 2.92. The van der Waals surface area contributed by atoms with Crippen molar-refractivity contribution in [1.29, 1.82) is 0 Å². The van der Waals surface area contributed by atoms with Crippen LogP contribution in [0.2, 0.25) is 0 Å². The second-order valence-corrected chi connectivity index (χ2v) is 4.16. The number of hydrogen-bond acceptors (Lipinski definition) is 4. The van der Waals surface area contributed by atoms with Crippen LogP contribution in [0.15, 0.2) is 23.2 Å². The minimum absolute atomic E-state index is 0.00436. The molecular weight excluding hydrogens is 266 g/mol. The number of rotatable bonds is 2. The van der Waals surface area contributed by atoms with Gasteiger partial charge >= 0.3 is 5.92 Å². The van der Waals surface area contributed by atoms with E-state index in [1.165, 1.54) is 6.07 Å². The molecule has 2 rings (SSSR count). The first-order valence-corrected chi connectivity index (χ1v) is 5.30. The molecule has 104 valence electrons. The summed E-state index contributed by atoms with van der Waals surface area (Å²) in [5, 5.41) is 0. The molecule has 4 N–H and O–H groups in total. The maximum absolute atomic E-state index is 14.0. The molecule has 1 aromatic carbocycles. The number of hydrogen-bond donors (Lipinski definition) is 2. The van der Waals surface area contributed by atoms with Gasteiger partial charge < -0.3 is 16.2 Å². The molecule has 19 heavy (non-hydrogen) atoms. The number of alkyl halides is 3. The summed E-state index contributed by atoms with van der Waals surface area (Å²) in [5.74, 6) is -4.81. The number of anilines is 1. The van der Waals surface area contributed by atoms with Crippen LogP contribution in [0.25, 0.3) is 0 Å². The van der Waals surface area contributed by atoms with Gasteiger partial charge in [-0.1, -0.05) is 0 Å². The van der Waals surface area contributed by atoms with Crippen molar-refractivity contribution in [3.63, 3.8) is 0 Å². The molecule has 0 saturated carbocycles. The highest BCUT2D eigenvalue weighted by molar-refractivity contribution is 5.73. The lowest BCUT2D eigenvalue weighted by atomic mass is 9.86. The predicted octanol–water partition coefficient (Wildman–Crippen LogP) is 1.55. The summed E-state index contributed by atoms with van der Waals surface area (Å²) >= 11 is 0. The topological polar surface area (TPSA) is 73.6 Å². The first-order chi connectivity index (χ1) is 8.82. The third kappa shape index (κ3) is 1.96. The average Bonchev–Trinajstić information content (AvgIpc) is 2.35. The zero-order valence-electron chi connectivity index (χ0n) is 9.67. The first-order valence-electron chi connectivity index (χ1n) is 5.30. The minimum atomic E-state index is -3.75. The lowest BCUT2D eigenvalue weighted by molar-refractivity contribution is -0.191. The van der Waals surface area contributed by atoms with Gasteiger partial charge in [0.2, 0.25) is 5.60 Å². The van der Waals surface area contributed by atoms with E-state index in [1.54, 1.807) is 0 Å². The lowest BCUT2D eigenvalue weighted by Gasteiger charge is -2.40. The Hall–Kier alpha value is -1.99. The summed E-state index contributed by atoms with van der Waals surface area (Å²) in [7, 11) is 0. The number of nitrogens with two attached hydrogens (primary N) is 2. The number of halogens is 4. The van der Waals surface area contributed by atoms with E-state index in [-0.39, 0.29) is 5.69 Å². The standard InChI is InChI=1S/C11H11F4N3O/c12-4-10(7-3-6(16)1-2-8(7)13)11(14,15)5-18-9(17)19-10/h1-3H,4-5,16H2,(H2,17,18)/t10-/m1/s1. The fourth-order valence-corrected chi connectivity index (χ4v) is 1.89. The highest BCUT2D eigenvalue weighted by Gasteiger charge is 2.61. The first kappa shape index (κ1) is 13.4. The van der Waals surface area contributed by atoms with E-state index in [2.05, 4.69) is 9.73 Å². The maximum atomic E-state index is 14.0. The van der Waals surface area contributed by atoms with Crippen molar-refractivity contribution in [2.45, 2.75) is 11.5 Å². The van der Waals surface area contributed by atoms with Crippen molar-refractivity contribution < 1.29 is 22.3 Å². The Labute approximate surface area is 106 Å². The third-order valence-corrected chi connectivity index (χ3v) is 2.92. The van der Waals surface area contributed by atoms with Gasteiger partial charge in [-0.05, 0) is 18.2 Å². The normalized spacial score (nSPS) is 25.6. The molecular formula is C11H11F4N3O. The van der Waals surface area contributed by atoms with Crippen molar-refractivity contribution >= 4 is 11.7 Å². The molecule has 0 radical (unpaired) electrons. The Kier molecular flexibility index (Phi) is 3.03. The molecule has 0 fully saturated rings. The molecule has 8 heteroatoms. The molecule has 1 aliphatic heterocycles. The van der Waals surface area contributed by atoms with Gasteiger partial charge in [-0.25, -0.2) is 13.8 Å². The molecule has 0 unspecified atom stereocenters. The van der Waals surface area contributed by atoms with Gasteiger partial charge in [0.15, 0.2) is 0 Å². The number of ether oxygens (including phenoxy) is 1. The molecule has 4 nitrogen and oxygen atoms in total. The lowest BCUT2D eigenvalue weighted by Crippen LogP contribution is -2.56. The van der Waals surface area contributed by atoms with Crippen LogP contribution < -0.4 is 11.5 Å². The van der Waals surface area contributed by atoms with E-state index in [4.69, 9.17) is 11.5 Å². The average molecular weight is 277 g/mol. The van der Waals surface area contributed by atoms with Crippen molar-refractivity contribution in [2.75, 3.05) is 19.0 Å². The van der Waals surface area contributed by atoms with Crippen molar-refractivity contribution in [2.24, 2.45) is 10.7 Å². The Bertz CT molecular complexity index is 535. The van der Waals surface area contributed by atoms with Crippen LogP contribution in [0, 0.1) is 5.82 Å². The van der Waals surface area contributed by atoms with Crippen LogP contribution in [-0.4, -0.2) is 25.2 Å². The Morgan fingerprint density at radius 3 is 2.63 bits per heavy atom. The molecule has 0 spiro atoms. The van der Waals surface area contributed by atoms with Crippen LogP contribution in [0.1, 0.15) is 5.56 Å². The highest BCUT2D eigenvalue weighted by atomic mass is 19.3. The predicted molar refractivity (Wildman–Crippen MR) is 61.0 cm³/mol. The number of aliphatic imine (C=N–C) groups is 1. The monoisotopic (exact) mass is 277 g/mol. The largest absolute Gasteiger partial charge is 0.444 e. The molecule has 0 amide bonds. The van der Waals surface area contributed by atoms with Crippen molar-refractivity contribution in [1.82, 2.24) is 0 Å². The molecule has 1 atom stereocenters. The van der Waals surface area contributed by atoms with E-state index >= 15 is 0 Å². The summed E-state index contributed by atoms with van der Waals surface area (Å²) in [6, 6.07) is 2.32. The Morgan fingerprint density at radius 1 is 1.32 bits per heavy atom. The minimum Gasteiger partial charge on any atom is -0.444 e. The summed E-state index contributed by atoms with van der Waals surface area (Å²) in [6.07, 6.45) is 0. The van der Waals surface area contributed by atoms with Gasteiger partial charge in [0.05, 0.1) is 0 Å². The van der Waals surface area contributed by atoms with Gasteiger partial charge in [-0.2, -0.15) is 8.78 Å². The maximum Gasteiger partial charge on any atom is 0.313 e. The molecule has 0 aromatic heterocycles. The fourth-order valence-electron chi connectivity index (χ4n) is 1.89.